The van der Waals surface area contributed by atoms with Gasteiger partial charge in [-0.2, -0.15) is 0 Å². The number of para-hydroxylation sites is 2. The van der Waals surface area contributed by atoms with Crippen molar-refractivity contribution in [3.8, 4) is 0 Å². The van der Waals surface area contributed by atoms with E-state index in [4.69, 9.17) is 4.42 Å². The number of benzene rings is 2. The van der Waals surface area contributed by atoms with Gasteiger partial charge in [-0.05, 0) is 24.3 Å². The van der Waals surface area contributed by atoms with Gasteiger partial charge in [-0.15, -0.1) is 5.10 Å². The monoisotopic (exact) mass is 323 g/mol. The molecule has 0 bridgehead atoms. The van der Waals surface area contributed by atoms with E-state index < -0.39 is 0 Å². The Balaban J connectivity index is 1.43. The van der Waals surface area contributed by atoms with Gasteiger partial charge in [0, 0.05) is 5.39 Å². The molecule has 2 aromatic heterocycles. The van der Waals surface area contributed by atoms with Gasteiger partial charge in [0.05, 0.1) is 11.3 Å². The largest absolute Gasteiger partial charge is 0.450 e. The summed E-state index contributed by atoms with van der Waals surface area (Å²) in [5.74, 6) is 0.416. The summed E-state index contributed by atoms with van der Waals surface area (Å²) < 4.78 is 7.34. The van der Waals surface area contributed by atoms with Crippen LogP contribution in [0.15, 0.2) is 64.1 Å². The summed E-state index contributed by atoms with van der Waals surface area (Å²) in [7, 11) is 0. The number of fused-ring (bicyclic) bond motifs is 2. The lowest BCUT2D eigenvalue weighted by Gasteiger charge is -2.01. The SMILES string of the molecule is O=C(CSc1cc2ccccc2o1)Cn1nnc2ccccc21. The van der Waals surface area contributed by atoms with Crippen molar-refractivity contribution in [2.75, 3.05) is 5.75 Å². The van der Waals surface area contributed by atoms with Crippen LogP contribution in [0.2, 0.25) is 0 Å². The Morgan fingerprint density at radius 3 is 2.87 bits per heavy atom. The fourth-order valence-corrected chi connectivity index (χ4v) is 3.18. The van der Waals surface area contributed by atoms with Gasteiger partial charge in [0.15, 0.2) is 10.9 Å². The Hall–Kier alpha value is -2.60. The molecule has 2 heterocycles. The summed E-state index contributed by atoms with van der Waals surface area (Å²) in [5, 5.41) is 9.89. The van der Waals surface area contributed by atoms with Crippen molar-refractivity contribution >= 4 is 39.5 Å². The first kappa shape index (κ1) is 14.0. The summed E-state index contributed by atoms with van der Waals surface area (Å²) in [6, 6.07) is 17.4. The van der Waals surface area contributed by atoms with Crippen LogP contribution in [0.5, 0.6) is 0 Å². The highest BCUT2D eigenvalue weighted by Gasteiger charge is 2.11. The molecule has 2 aromatic carbocycles. The number of hydrogen-bond donors (Lipinski definition) is 0. The molecular weight excluding hydrogens is 310 g/mol. The van der Waals surface area contributed by atoms with E-state index in [2.05, 4.69) is 10.3 Å². The van der Waals surface area contributed by atoms with Crippen LogP contribution in [0.1, 0.15) is 0 Å². The molecule has 0 fully saturated rings. The standard InChI is InChI=1S/C17H13N3O2S/c21-13(10-20-15-7-3-2-6-14(15)18-19-20)11-23-17-9-12-5-1-4-8-16(12)22-17/h1-9H,10-11H2. The summed E-state index contributed by atoms with van der Waals surface area (Å²) in [6.07, 6.45) is 0. The lowest BCUT2D eigenvalue weighted by atomic mass is 10.3. The van der Waals surface area contributed by atoms with E-state index in [0.717, 1.165) is 27.1 Å². The molecule has 0 aliphatic carbocycles. The normalized spacial score (nSPS) is 11.3. The maximum Gasteiger partial charge on any atom is 0.164 e. The molecule has 0 N–H and O–H groups in total. The second-order valence-corrected chi connectivity index (χ2v) is 6.15. The highest BCUT2D eigenvalue weighted by molar-refractivity contribution is 7.99. The van der Waals surface area contributed by atoms with Gasteiger partial charge in [-0.25, -0.2) is 4.68 Å². The third kappa shape index (κ3) is 2.85. The summed E-state index contributed by atoms with van der Waals surface area (Å²) in [6.45, 7) is 0.216. The Morgan fingerprint density at radius 2 is 1.96 bits per heavy atom. The highest BCUT2D eigenvalue weighted by atomic mass is 32.2. The number of hydrogen-bond acceptors (Lipinski definition) is 5. The number of thioether (sulfide) groups is 1. The van der Waals surface area contributed by atoms with Gasteiger partial charge in [0.1, 0.15) is 17.6 Å². The van der Waals surface area contributed by atoms with Crippen LogP contribution in [0.25, 0.3) is 22.0 Å². The minimum atomic E-state index is 0.0751. The van der Waals surface area contributed by atoms with Crippen LogP contribution in [-0.4, -0.2) is 26.5 Å². The van der Waals surface area contributed by atoms with Crippen molar-refractivity contribution in [2.24, 2.45) is 0 Å². The number of nitrogens with zero attached hydrogens (tertiary/aromatic N) is 3. The second kappa shape index (κ2) is 5.89. The first-order chi connectivity index (χ1) is 11.3. The van der Waals surface area contributed by atoms with Gasteiger partial charge in [-0.3, -0.25) is 4.79 Å². The molecule has 114 valence electrons. The maximum absolute atomic E-state index is 12.2. The molecule has 0 amide bonds. The first-order valence-electron chi connectivity index (χ1n) is 7.21. The van der Waals surface area contributed by atoms with Crippen LogP contribution >= 0.6 is 11.8 Å². The number of carbonyl (C=O) groups excluding carboxylic acids is 1. The van der Waals surface area contributed by atoms with Crippen molar-refractivity contribution in [2.45, 2.75) is 11.6 Å². The van der Waals surface area contributed by atoms with Gasteiger partial charge in [0.2, 0.25) is 0 Å². The fourth-order valence-electron chi connectivity index (χ4n) is 2.43. The van der Waals surface area contributed by atoms with Crippen molar-refractivity contribution in [3.63, 3.8) is 0 Å². The van der Waals surface area contributed by atoms with E-state index >= 15 is 0 Å². The van der Waals surface area contributed by atoms with Crippen LogP contribution in [0, 0.1) is 0 Å². The molecule has 0 unspecified atom stereocenters. The lowest BCUT2D eigenvalue weighted by molar-refractivity contribution is -0.117. The molecule has 4 rings (SSSR count). The summed E-state index contributed by atoms with van der Waals surface area (Å²) in [5.41, 5.74) is 2.50. The quantitative estimate of drug-likeness (QED) is 0.526. The van der Waals surface area contributed by atoms with Crippen LogP contribution < -0.4 is 0 Å². The zero-order chi connectivity index (χ0) is 15.6. The molecule has 23 heavy (non-hydrogen) atoms. The number of carbonyl (C=O) groups is 1. The topological polar surface area (TPSA) is 60.9 Å². The zero-order valence-corrected chi connectivity index (χ0v) is 13.0. The van der Waals surface area contributed by atoms with Crippen molar-refractivity contribution < 1.29 is 9.21 Å². The van der Waals surface area contributed by atoms with E-state index in [0.29, 0.717) is 5.75 Å². The second-order valence-electron chi connectivity index (χ2n) is 5.17. The lowest BCUT2D eigenvalue weighted by Crippen LogP contribution is -2.13. The Kier molecular flexibility index (Phi) is 3.59. The van der Waals surface area contributed by atoms with E-state index in [1.165, 1.54) is 11.8 Å². The van der Waals surface area contributed by atoms with Gasteiger partial charge < -0.3 is 4.42 Å². The van der Waals surface area contributed by atoms with Crippen molar-refractivity contribution in [3.05, 3.63) is 54.6 Å². The van der Waals surface area contributed by atoms with Crippen molar-refractivity contribution in [1.29, 1.82) is 0 Å². The molecular formula is C17H13N3O2S. The zero-order valence-electron chi connectivity index (χ0n) is 12.2. The molecule has 0 spiro atoms. The predicted molar refractivity (Wildman–Crippen MR) is 89.5 cm³/mol. The molecule has 0 saturated carbocycles. The molecule has 6 heteroatoms. The van der Waals surface area contributed by atoms with E-state index in [1.807, 2.05) is 54.6 Å². The Labute approximate surface area is 136 Å². The maximum atomic E-state index is 12.2. The number of furan rings is 1. The number of Topliss-reactive ketones (excluding diaryl/α,β-unsaturated/α-hetero) is 1. The van der Waals surface area contributed by atoms with Crippen molar-refractivity contribution in [1.82, 2.24) is 15.0 Å². The average molecular weight is 323 g/mol. The number of ketones is 1. The fraction of sp³-hybridized carbons (Fsp3) is 0.118. The highest BCUT2D eigenvalue weighted by Crippen LogP contribution is 2.27. The van der Waals surface area contributed by atoms with E-state index in [-0.39, 0.29) is 12.3 Å². The summed E-state index contributed by atoms with van der Waals surface area (Å²) in [4.78, 5) is 12.2. The van der Waals surface area contributed by atoms with Crippen LogP contribution in [0.3, 0.4) is 0 Å². The third-order valence-corrected chi connectivity index (χ3v) is 4.48. The molecule has 0 saturated heterocycles. The third-order valence-electron chi connectivity index (χ3n) is 3.52. The van der Waals surface area contributed by atoms with Gasteiger partial charge in [-0.1, -0.05) is 47.3 Å². The van der Waals surface area contributed by atoms with Gasteiger partial charge >= 0.3 is 0 Å². The molecule has 0 atom stereocenters. The van der Waals surface area contributed by atoms with Crippen LogP contribution in [-0.2, 0) is 11.3 Å². The molecule has 0 aliphatic rings. The Bertz CT molecular complexity index is 957. The minimum Gasteiger partial charge on any atom is -0.450 e. The molecule has 5 nitrogen and oxygen atoms in total. The Morgan fingerprint density at radius 1 is 1.13 bits per heavy atom. The predicted octanol–water partition coefficient (Wildman–Crippen LogP) is 3.54. The average Bonchev–Trinajstić information content (AvgIpc) is 3.17. The van der Waals surface area contributed by atoms with E-state index in [9.17, 15) is 4.79 Å². The molecule has 0 radical (unpaired) electrons. The smallest absolute Gasteiger partial charge is 0.164 e. The van der Waals surface area contributed by atoms with E-state index in [1.54, 1.807) is 4.68 Å². The molecule has 0 aliphatic heterocycles. The first-order valence-corrected chi connectivity index (χ1v) is 8.19. The van der Waals surface area contributed by atoms with Gasteiger partial charge in [0.25, 0.3) is 0 Å². The van der Waals surface area contributed by atoms with Crippen LogP contribution in [0.4, 0.5) is 0 Å². The molecule has 4 aromatic rings. The minimum absolute atomic E-state index is 0.0751. The summed E-state index contributed by atoms with van der Waals surface area (Å²) >= 11 is 1.40. The number of aromatic nitrogens is 3. The number of rotatable bonds is 5.